The maximum absolute atomic E-state index is 12.2. The highest BCUT2D eigenvalue weighted by atomic mass is 32.2. The van der Waals surface area contributed by atoms with Gasteiger partial charge in [0.2, 0.25) is 10.0 Å². The molecule has 0 bridgehead atoms. The molecule has 17 heavy (non-hydrogen) atoms. The summed E-state index contributed by atoms with van der Waals surface area (Å²) < 4.78 is 31.0. The van der Waals surface area contributed by atoms with Crippen LogP contribution in [-0.4, -0.2) is 44.3 Å². The first-order valence-corrected chi connectivity index (χ1v) is 7.58. The molecule has 0 spiro atoms. The molecule has 4 nitrogen and oxygen atoms in total. The molecular formula is C12H21NO3S. The van der Waals surface area contributed by atoms with Gasteiger partial charge in [-0.3, -0.25) is 0 Å². The monoisotopic (exact) mass is 259 g/mol. The molecule has 0 amide bonds. The van der Waals surface area contributed by atoms with Crippen molar-refractivity contribution in [1.29, 1.82) is 0 Å². The summed E-state index contributed by atoms with van der Waals surface area (Å²) in [5.74, 6) is 2.45. The third-order valence-corrected chi connectivity index (χ3v) is 5.22. The molecule has 1 rings (SSSR count). The van der Waals surface area contributed by atoms with Crippen LogP contribution < -0.4 is 0 Å². The molecular weight excluding hydrogens is 238 g/mol. The molecule has 0 heterocycles. The minimum Gasteiger partial charge on any atom is -0.381 e. The topological polar surface area (TPSA) is 46.6 Å². The molecule has 5 heteroatoms. The summed E-state index contributed by atoms with van der Waals surface area (Å²) in [6, 6.07) is 0.0834. The minimum absolute atomic E-state index is 0.00167. The lowest BCUT2D eigenvalue weighted by atomic mass is 10.2. The van der Waals surface area contributed by atoms with Crippen molar-refractivity contribution in [3.8, 4) is 12.3 Å². The first kappa shape index (κ1) is 14.5. The predicted molar refractivity (Wildman–Crippen MR) is 68.1 cm³/mol. The Balaban J connectivity index is 2.78. The van der Waals surface area contributed by atoms with Gasteiger partial charge in [-0.15, -0.1) is 6.42 Å². The van der Waals surface area contributed by atoms with Gasteiger partial charge in [-0.25, -0.2) is 8.42 Å². The summed E-state index contributed by atoms with van der Waals surface area (Å²) in [5.41, 5.74) is 0. The van der Waals surface area contributed by atoms with E-state index in [1.54, 1.807) is 6.92 Å². The molecule has 98 valence electrons. The van der Waals surface area contributed by atoms with Crippen LogP contribution in [0, 0.1) is 12.3 Å². The Morgan fingerprint density at radius 2 is 2.06 bits per heavy atom. The molecule has 0 aromatic heterocycles. The first-order chi connectivity index (χ1) is 8.01. The normalized spacial score (nSPS) is 19.4. The zero-order valence-electron chi connectivity index (χ0n) is 10.6. The third-order valence-electron chi connectivity index (χ3n) is 3.18. The van der Waals surface area contributed by atoms with Gasteiger partial charge in [-0.1, -0.05) is 18.8 Å². The van der Waals surface area contributed by atoms with E-state index in [9.17, 15) is 8.42 Å². The second-order valence-corrected chi connectivity index (χ2v) is 6.48. The van der Waals surface area contributed by atoms with Crippen LogP contribution in [0.2, 0.25) is 0 Å². The molecule has 0 aromatic rings. The van der Waals surface area contributed by atoms with Crippen LogP contribution in [0.3, 0.4) is 0 Å². The smallest absolute Gasteiger partial charge is 0.217 e. The standard InChI is InChI=1S/C12H21NO3S/c1-4-9-13(12-7-5-6-8-12)17(14,15)10-11(2)16-3/h1,11-12H,5-10H2,2-3H3. The number of sulfonamides is 1. The summed E-state index contributed by atoms with van der Waals surface area (Å²) >= 11 is 0. The Kier molecular flexibility index (Phi) is 5.44. The Bertz CT molecular complexity index is 366. The maximum atomic E-state index is 12.2. The first-order valence-electron chi connectivity index (χ1n) is 5.97. The lowest BCUT2D eigenvalue weighted by Gasteiger charge is -2.27. The highest BCUT2D eigenvalue weighted by molar-refractivity contribution is 7.89. The molecule has 1 aliphatic carbocycles. The van der Waals surface area contributed by atoms with Crippen molar-refractivity contribution in [2.24, 2.45) is 0 Å². The van der Waals surface area contributed by atoms with Gasteiger partial charge in [-0.2, -0.15) is 4.31 Å². The van der Waals surface area contributed by atoms with Crippen LogP contribution in [0.4, 0.5) is 0 Å². The SMILES string of the molecule is C#CCN(C1CCCC1)S(=O)(=O)CC(C)OC. The largest absolute Gasteiger partial charge is 0.381 e. The average molecular weight is 259 g/mol. The Morgan fingerprint density at radius 3 is 2.53 bits per heavy atom. The predicted octanol–water partition coefficient (Wildman–Crippen LogP) is 1.23. The fourth-order valence-electron chi connectivity index (χ4n) is 2.20. The Hall–Kier alpha value is -0.570. The highest BCUT2D eigenvalue weighted by Gasteiger charge is 2.32. The van der Waals surface area contributed by atoms with Gasteiger partial charge < -0.3 is 4.74 Å². The van der Waals surface area contributed by atoms with Crippen molar-refractivity contribution in [3.63, 3.8) is 0 Å². The van der Waals surface area contributed by atoms with Crippen molar-refractivity contribution in [2.45, 2.75) is 44.8 Å². The molecule has 1 atom stereocenters. The van der Waals surface area contributed by atoms with Crippen LogP contribution in [0.25, 0.3) is 0 Å². The second-order valence-electron chi connectivity index (χ2n) is 4.51. The van der Waals surface area contributed by atoms with E-state index in [0.29, 0.717) is 0 Å². The van der Waals surface area contributed by atoms with Crippen molar-refractivity contribution in [2.75, 3.05) is 19.4 Å². The van der Waals surface area contributed by atoms with Gasteiger partial charge >= 0.3 is 0 Å². The Labute approximate surface area is 104 Å². The van der Waals surface area contributed by atoms with Crippen LogP contribution in [0.5, 0.6) is 0 Å². The molecule has 0 radical (unpaired) electrons. The summed E-state index contributed by atoms with van der Waals surface area (Å²) in [6.45, 7) is 1.92. The van der Waals surface area contributed by atoms with Crippen molar-refractivity contribution in [1.82, 2.24) is 4.31 Å². The number of rotatable bonds is 6. The quantitative estimate of drug-likeness (QED) is 0.674. The molecule has 1 unspecified atom stereocenters. The molecule has 1 fully saturated rings. The van der Waals surface area contributed by atoms with Crippen molar-refractivity contribution < 1.29 is 13.2 Å². The number of hydrogen-bond donors (Lipinski definition) is 0. The number of ether oxygens (including phenoxy) is 1. The van der Waals surface area contributed by atoms with Crippen molar-refractivity contribution >= 4 is 10.0 Å². The van der Waals surface area contributed by atoms with Crippen LogP contribution in [0.1, 0.15) is 32.6 Å². The minimum atomic E-state index is -3.31. The van der Waals surface area contributed by atoms with E-state index in [0.717, 1.165) is 25.7 Å². The van der Waals surface area contributed by atoms with E-state index >= 15 is 0 Å². The van der Waals surface area contributed by atoms with E-state index in [-0.39, 0.29) is 24.4 Å². The van der Waals surface area contributed by atoms with Gasteiger partial charge in [-0.05, 0) is 19.8 Å². The Morgan fingerprint density at radius 1 is 1.47 bits per heavy atom. The third kappa shape index (κ3) is 3.98. The fourth-order valence-corrected chi connectivity index (χ4v) is 4.05. The second kappa shape index (κ2) is 6.39. The van der Waals surface area contributed by atoms with Crippen molar-refractivity contribution in [3.05, 3.63) is 0 Å². The lowest BCUT2D eigenvalue weighted by molar-refractivity contribution is 0.134. The number of hydrogen-bond acceptors (Lipinski definition) is 3. The number of terminal acetylenes is 1. The summed E-state index contributed by atoms with van der Waals surface area (Å²) in [6.07, 6.45) is 8.97. The van der Waals surface area contributed by atoms with Gasteiger partial charge in [0.05, 0.1) is 18.4 Å². The zero-order valence-corrected chi connectivity index (χ0v) is 11.4. The molecule has 1 saturated carbocycles. The molecule has 0 aromatic carbocycles. The highest BCUT2D eigenvalue weighted by Crippen LogP contribution is 2.25. The van der Waals surface area contributed by atoms with Crippen LogP contribution in [0.15, 0.2) is 0 Å². The molecule has 1 aliphatic rings. The van der Waals surface area contributed by atoms with E-state index in [4.69, 9.17) is 11.2 Å². The summed E-state index contributed by atoms with van der Waals surface area (Å²) in [7, 11) is -1.80. The number of methoxy groups -OCH3 is 1. The lowest BCUT2D eigenvalue weighted by Crippen LogP contribution is -2.42. The van der Waals surface area contributed by atoms with E-state index in [2.05, 4.69) is 5.92 Å². The van der Waals surface area contributed by atoms with E-state index < -0.39 is 10.0 Å². The van der Waals surface area contributed by atoms with Crippen LogP contribution >= 0.6 is 0 Å². The molecule has 0 saturated heterocycles. The number of nitrogens with zero attached hydrogens (tertiary/aromatic N) is 1. The van der Waals surface area contributed by atoms with Gasteiger partial charge in [0.1, 0.15) is 0 Å². The molecule has 0 aliphatic heterocycles. The maximum Gasteiger partial charge on any atom is 0.217 e. The average Bonchev–Trinajstić information content (AvgIpc) is 2.77. The fraction of sp³-hybridized carbons (Fsp3) is 0.833. The van der Waals surface area contributed by atoms with E-state index in [1.165, 1.54) is 11.4 Å². The summed E-state index contributed by atoms with van der Waals surface area (Å²) in [4.78, 5) is 0. The van der Waals surface area contributed by atoms with Gasteiger partial charge in [0, 0.05) is 13.2 Å². The summed E-state index contributed by atoms with van der Waals surface area (Å²) in [5, 5.41) is 0. The van der Waals surface area contributed by atoms with Gasteiger partial charge in [0.25, 0.3) is 0 Å². The van der Waals surface area contributed by atoms with E-state index in [1.807, 2.05) is 0 Å². The molecule has 0 N–H and O–H groups in total. The van der Waals surface area contributed by atoms with Crippen LogP contribution in [-0.2, 0) is 14.8 Å². The zero-order chi connectivity index (χ0) is 12.9. The van der Waals surface area contributed by atoms with Gasteiger partial charge in [0.15, 0.2) is 0 Å².